The first-order valence-corrected chi connectivity index (χ1v) is 17.2. The van der Waals surface area contributed by atoms with E-state index in [4.69, 9.17) is 37.7 Å². The predicted octanol–water partition coefficient (Wildman–Crippen LogP) is 6.11. The van der Waals surface area contributed by atoms with E-state index in [1.165, 1.54) is 0 Å². The SMILES string of the molecule is COc1cccc(CN(C(=O)C2=C(c3cnc(CCCOc4c(Cl)cc([C@H](C)O)cc4Cl)s3)C[C@@H]3CNC[C@H]2N3)C2CC2)c1C. The number of nitrogens with one attached hydrogen (secondary N) is 2. The van der Waals surface area contributed by atoms with Crippen molar-refractivity contribution in [3.8, 4) is 11.5 Å². The van der Waals surface area contributed by atoms with Crippen LogP contribution >= 0.6 is 34.5 Å². The van der Waals surface area contributed by atoms with E-state index in [0.717, 1.165) is 83.1 Å². The van der Waals surface area contributed by atoms with Gasteiger partial charge in [0.1, 0.15) is 5.75 Å². The number of carbonyl (C=O) groups excluding carboxylic acids is 1. The van der Waals surface area contributed by atoms with Gasteiger partial charge in [-0.25, -0.2) is 4.98 Å². The second kappa shape index (κ2) is 14.0. The zero-order chi connectivity index (χ0) is 31.7. The number of amides is 1. The average molecular weight is 672 g/mol. The monoisotopic (exact) mass is 670 g/mol. The second-order valence-electron chi connectivity index (χ2n) is 12.1. The molecular formula is C34H40Cl2N4O4S. The number of piperazine rings is 1. The predicted molar refractivity (Wildman–Crippen MR) is 179 cm³/mol. The Morgan fingerprint density at radius 3 is 2.71 bits per heavy atom. The molecule has 1 aliphatic carbocycles. The number of hydrogen-bond acceptors (Lipinski definition) is 8. The van der Waals surface area contributed by atoms with Crippen LogP contribution in [0.2, 0.25) is 10.0 Å². The van der Waals surface area contributed by atoms with E-state index < -0.39 is 6.10 Å². The Kier molecular flexibility index (Phi) is 10.0. The highest BCUT2D eigenvalue weighted by Gasteiger charge is 2.41. The van der Waals surface area contributed by atoms with Gasteiger partial charge >= 0.3 is 0 Å². The van der Waals surface area contributed by atoms with Crippen molar-refractivity contribution in [1.82, 2.24) is 20.5 Å². The fraction of sp³-hybridized carbons (Fsp3) is 0.471. The number of nitrogens with zero attached hydrogens (tertiary/aromatic N) is 2. The molecule has 3 aliphatic rings. The van der Waals surface area contributed by atoms with E-state index in [0.29, 0.717) is 34.5 Å². The average Bonchev–Trinajstić information content (AvgIpc) is 3.75. The third-order valence-electron chi connectivity index (χ3n) is 8.87. The van der Waals surface area contributed by atoms with Crippen LogP contribution < -0.4 is 20.1 Å². The van der Waals surface area contributed by atoms with Crippen molar-refractivity contribution in [2.24, 2.45) is 0 Å². The van der Waals surface area contributed by atoms with Gasteiger partial charge < -0.3 is 30.1 Å². The van der Waals surface area contributed by atoms with Crippen molar-refractivity contribution in [2.45, 2.75) is 76.7 Å². The quantitative estimate of drug-likeness (QED) is 0.200. The number of hydrogen-bond donors (Lipinski definition) is 3. The molecule has 0 unspecified atom stereocenters. The minimum atomic E-state index is -0.663. The molecule has 1 saturated carbocycles. The van der Waals surface area contributed by atoms with Crippen LogP contribution in [0.15, 0.2) is 42.1 Å². The maximum absolute atomic E-state index is 14.5. The van der Waals surface area contributed by atoms with Crippen molar-refractivity contribution in [2.75, 3.05) is 26.8 Å². The molecule has 3 heterocycles. The van der Waals surface area contributed by atoms with E-state index in [2.05, 4.69) is 28.5 Å². The maximum Gasteiger partial charge on any atom is 0.252 e. The van der Waals surface area contributed by atoms with E-state index in [1.807, 2.05) is 18.3 Å². The zero-order valence-corrected chi connectivity index (χ0v) is 28.2. The van der Waals surface area contributed by atoms with Gasteiger partial charge in [-0.05, 0) is 80.0 Å². The minimum Gasteiger partial charge on any atom is -0.496 e. The van der Waals surface area contributed by atoms with Gasteiger partial charge in [0.05, 0.1) is 45.8 Å². The fourth-order valence-corrected chi connectivity index (χ4v) is 7.90. The summed E-state index contributed by atoms with van der Waals surface area (Å²) < 4.78 is 11.5. The lowest BCUT2D eigenvalue weighted by Crippen LogP contribution is -2.59. The first-order valence-electron chi connectivity index (χ1n) is 15.6. The van der Waals surface area contributed by atoms with Crippen LogP contribution in [0, 0.1) is 6.92 Å². The van der Waals surface area contributed by atoms with Gasteiger partial charge in [-0.15, -0.1) is 11.3 Å². The Balaban J connectivity index is 1.19. The Hall–Kier alpha value is -2.66. The molecule has 2 aliphatic heterocycles. The van der Waals surface area contributed by atoms with Crippen LogP contribution in [0.25, 0.3) is 5.57 Å². The van der Waals surface area contributed by atoms with Crippen LogP contribution in [-0.2, 0) is 17.8 Å². The Bertz CT molecular complexity index is 1560. The molecule has 240 valence electrons. The largest absolute Gasteiger partial charge is 0.496 e. The molecule has 2 fully saturated rings. The number of methoxy groups -OCH3 is 1. The number of halogens is 2. The molecule has 3 aromatic rings. The molecule has 0 radical (unpaired) electrons. The Morgan fingerprint density at radius 1 is 1.22 bits per heavy atom. The van der Waals surface area contributed by atoms with Gasteiger partial charge in [0.25, 0.3) is 5.91 Å². The van der Waals surface area contributed by atoms with Crippen LogP contribution in [0.4, 0.5) is 0 Å². The molecule has 1 saturated heterocycles. The minimum absolute atomic E-state index is 0.0405. The summed E-state index contributed by atoms with van der Waals surface area (Å²) >= 11 is 14.4. The molecule has 3 atom stereocenters. The first kappa shape index (κ1) is 32.3. The van der Waals surface area contributed by atoms with Gasteiger partial charge in [-0.2, -0.15) is 0 Å². The smallest absolute Gasteiger partial charge is 0.252 e. The lowest BCUT2D eigenvalue weighted by atomic mass is 9.86. The summed E-state index contributed by atoms with van der Waals surface area (Å²) in [5, 5.41) is 18.8. The third-order valence-corrected chi connectivity index (χ3v) is 10.5. The molecular weight excluding hydrogens is 631 g/mol. The lowest BCUT2D eigenvalue weighted by Gasteiger charge is -2.40. The summed E-state index contributed by atoms with van der Waals surface area (Å²) in [5.41, 5.74) is 4.83. The number of fused-ring (bicyclic) bond motifs is 2. The van der Waals surface area contributed by atoms with Crippen LogP contribution in [-0.4, -0.2) is 65.8 Å². The summed E-state index contributed by atoms with van der Waals surface area (Å²) in [4.78, 5) is 22.4. The molecule has 1 aromatic heterocycles. The summed E-state index contributed by atoms with van der Waals surface area (Å²) in [5.74, 6) is 1.39. The van der Waals surface area contributed by atoms with E-state index in [-0.39, 0.29) is 24.0 Å². The number of benzene rings is 2. The number of aromatic nitrogens is 1. The third kappa shape index (κ3) is 7.19. The van der Waals surface area contributed by atoms with E-state index in [9.17, 15) is 9.90 Å². The standard InChI is InChI=1S/C34H40Cl2N4O4S/c1-19-21(6-4-7-29(19)43-3)18-40(24-9-10-24)34(42)32-25(14-23-15-37-16-28(32)39-23)30-17-38-31(45-30)8-5-11-44-33-26(35)12-22(20(2)41)13-27(33)36/h4,6-7,12-13,17,20,23-24,28,37,39,41H,5,8-11,14-16,18H2,1-3H3/t20-,23+,28+/m0/s1. The highest BCUT2D eigenvalue weighted by Crippen LogP contribution is 2.39. The summed E-state index contributed by atoms with van der Waals surface area (Å²) in [6.07, 6.45) is 5.59. The highest BCUT2D eigenvalue weighted by molar-refractivity contribution is 7.12. The molecule has 8 nitrogen and oxygen atoms in total. The number of thiazole rings is 1. The number of aryl methyl sites for hydroxylation is 1. The molecule has 2 aromatic carbocycles. The van der Waals surface area contributed by atoms with Crippen LogP contribution in [0.1, 0.15) is 65.3 Å². The molecule has 6 rings (SSSR count). The van der Waals surface area contributed by atoms with Crippen molar-refractivity contribution in [3.05, 3.63) is 78.7 Å². The summed E-state index contributed by atoms with van der Waals surface area (Å²) in [6, 6.07) is 9.92. The first-order chi connectivity index (χ1) is 21.7. The molecule has 3 N–H and O–H groups in total. The van der Waals surface area contributed by atoms with Gasteiger partial charge in [-0.3, -0.25) is 4.79 Å². The second-order valence-corrected chi connectivity index (χ2v) is 14.1. The van der Waals surface area contributed by atoms with E-state index >= 15 is 0 Å². The van der Waals surface area contributed by atoms with Crippen molar-refractivity contribution >= 4 is 46.0 Å². The Morgan fingerprint density at radius 2 is 2.00 bits per heavy atom. The molecule has 0 spiro atoms. The van der Waals surface area contributed by atoms with Gasteiger partial charge in [0, 0.05) is 49.9 Å². The zero-order valence-electron chi connectivity index (χ0n) is 25.9. The van der Waals surface area contributed by atoms with Gasteiger partial charge in [0.15, 0.2) is 5.75 Å². The van der Waals surface area contributed by atoms with Crippen LogP contribution in [0.3, 0.4) is 0 Å². The van der Waals surface area contributed by atoms with Gasteiger partial charge in [0.2, 0.25) is 0 Å². The highest BCUT2D eigenvalue weighted by atomic mass is 35.5. The molecule has 1 amide bonds. The Labute approximate surface area is 278 Å². The summed E-state index contributed by atoms with van der Waals surface area (Å²) in [6.45, 7) is 6.32. The number of carbonyl (C=O) groups is 1. The van der Waals surface area contributed by atoms with Crippen molar-refractivity contribution < 1.29 is 19.4 Å². The molecule has 45 heavy (non-hydrogen) atoms. The van der Waals surface area contributed by atoms with Gasteiger partial charge in [-0.1, -0.05) is 35.3 Å². The molecule has 2 bridgehead atoms. The number of rotatable bonds is 12. The normalized spacial score (nSPS) is 20.2. The number of aliphatic hydroxyl groups is 1. The number of aliphatic hydroxyl groups excluding tert-OH is 1. The lowest BCUT2D eigenvalue weighted by molar-refractivity contribution is -0.128. The fourth-order valence-electron chi connectivity index (χ4n) is 6.26. The number of ether oxygens (including phenoxy) is 2. The van der Waals surface area contributed by atoms with Crippen LogP contribution in [0.5, 0.6) is 11.5 Å². The topological polar surface area (TPSA) is 96.0 Å². The maximum atomic E-state index is 14.5. The summed E-state index contributed by atoms with van der Waals surface area (Å²) in [7, 11) is 1.69. The van der Waals surface area contributed by atoms with E-state index in [1.54, 1.807) is 37.5 Å². The van der Waals surface area contributed by atoms with Crippen molar-refractivity contribution in [3.63, 3.8) is 0 Å². The molecule has 11 heteroatoms. The van der Waals surface area contributed by atoms with Crippen molar-refractivity contribution in [1.29, 1.82) is 0 Å².